The number of aromatic nitrogens is 1. The van der Waals surface area contributed by atoms with Crippen molar-refractivity contribution in [1.29, 1.82) is 0 Å². The van der Waals surface area contributed by atoms with Gasteiger partial charge < -0.3 is 29.2 Å². The molecule has 0 radical (unpaired) electrons. The van der Waals surface area contributed by atoms with E-state index >= 15 is 0 Å². The van der Waals surface area contributed by atoms with Crippen LogP contribution in [0.25, 0.3) is 10.9 Å². The molecular weight excluding hydrogens is 496 g/mol. The number of para-hydroxylation sites is 1. The smallest absolute Gasteiger partial charge is 0.242 e. The molecule has 9 heteroatoms. The van der Waals surface area contributed by atoms with Crippen LogP contribution in [0.15, 0.2) is 60.8 Å². The molecule has 0 spiro atoms. The van der Waals surface area contributed by atoms with Gasteiger partial charge in [0.1, 0.15) is 18.9 Å². The molecular formula is C30H36N4O5. The lowest BCUT2D eigenvalue weighted by Gasteiger charge is -2.25. The maximum atomic E-state index is 13.3. The van der Waals surface area contributed by atoms with Gasteiger partial charge in [0.05, 0.1) is 25.5 Å². The summed E-state index contributed by atoms with van der Waals surface area (Å²) >= 11 is 0. The number of nitrogens with zero attached hydrogens (tertiary/aromatic N) is 3. The second-order valence-electron chi connectivity index (χ2n) is 10.2. The van der Waals surface area contributed by atoms with Gasteiger partial charge in [-0.05, 0) is 41.6 Å². The summed E-state index contributed by atoms with van der Waals surface area (Å²) in [5.41, 5.74) is 1.99. The van der Waals surface area contributed by atoms with Crippen LogP contribution in [0.4, 0.5) is 0 Å². The normalized spacial score (nSPS) is 20.2. The van der Waals surface area contributed by atoms with Gasteiger partial charge >= 0.3 is 0 Å². The van der Waals surface area contributed by atoms with Gasteiger partial charge in [-0.1, -0.05) is 30.3 Å². The average Bonchev–Trinajstić information content (AvgIpc) is 3.58. The Bertz CT molecular complexity index is 1320. The molecule has 2 aliphatic rings. The second kappa shape index (κ2) is 12.3. The fourth-order valence-electron chi connectivity index (χ4n) is 5.57. The number of likely N-dealkylation sites (tertiary alicyclic amines) is 1. The van der Waals surface area contributed by atoms with Gasteiger partial charge in [0, 0.05) is 50.9 Å². The molecule has 3 amide bonds. The van der Waals surface area contributed by atoms with E-state index in [0.29, 0.717) is 64.5 Å². The largest absolute Gasteiger partial charge is 0.492 e. The Balaban J connectivity index is 1.30. The van der Waals surface area contributed by atoms with Crippen molar-refractivity contribution in [2.24, 2.45) is 5.92 Å². The van der Waals surface area contributed by atoms with E-state index < -0.39 is 0 Å². The third kappa shape index (κ3) is 6.25. The number of ether oxygens (including phenoxy) is 2. The number of hydrogen-bond donors (Lipinski definition) is 1. The quantitative estimate of drug-likeness (QED) is 0.546. The van der Waals surface area contributed by atoms with E-state index in [4.69, 9.17) is 9.47 Å². The highest BCUT2D eigenvalue weighted by Crippen LogP contribution is 2.35. The number of fused-ring (bicyclic) bond motifs is 5. The van der Waals surface area contributed by atoms with Gasteiger partial charge in [0.15, 0.2) is 0 Å². The van der Waals surface area contributed by atoms with E-state index in [0.717, 1.165) is 16.5 Å². The maximum Gasteiger partial charge on any atom is 0.242 e. The minimum Gasteiger partial charge on any atom is -0.492 e. The van der Waals surface area contributed by atoms with Gasteiger partial charge in [0.25, 0.3) is 0 Å². The lowest BCUT2D eigenvalue weighted by Crippen LogP contribution is -2.40. The molecule has 1 fully saturated rings. The molecule has 2 atom stereocenters. The first kappa shape index (κ1) is 26.7. The number of hydrogen-bond acceptors (Lipinski definition) is 5. The molecule has 2 aromatic carbocycles. The summed E-state index contributed by atoms with van der Waals surface area (Å²) < 4.78 is 13.1. The Morgan fingerprint density at radius 3 is 2.72 bits per heavy atom. The van der Waals surface area contributed by atoms with Gasteiger partial charge in [-0.15, -0.1) is 0 Å². The molecule has 9 nitrogen and oxygen atoms in total. The third-order valence-corrected chi connectivity index (χ3v) is 7.69. The predicted molar refractivity (Wildman–Crippen MR) is 147 cm³/mol. The van der Waals surface area contributed by atoms with Gasteiger partial charge in [0.2, 0.25) is 17.7 Å². The van der Waals surface area contributed by atoms with Crippen LogP contribution in [0.5, 0.6) is 5.75 Å². The van der Waals surface area contributed by atoms with Crippen LogP contribution in [0.1, 0.15) is 24.3 Å². The van der Waals surface area contributed by atoms with E-state index in [2.05, 4.69) is 5.32 Å². The molecule has 0 saturated carbocycles. The lowest BCUT2D eigenvalue weighted by atomic mass is 9.88. The van der Waals surface area contributed by atoms with Gasteiger partial charge in [-0.2, -0.15) is 0 Å². The van der Waals surface area contributed by atoms with E-state index in [9.17, 15) is 14.4 Å². The SMILES string of the molecule is COCCC(=O)N1C[C@@H]2C(=O)NCCCN(C(=O)Cn3ccc4ccccc43)CCOc3cccc(c3)[C@H]2C1. The van der Waals surface area contributed by atoms with Crippen LogP contribution in [-0.4, -0.2) is 85.1 Å². The summed E-state index contributed by atoms with van der Waals surface area (Å²) in [6.07, 6.45) is 2.86. The molecule has 0 unspecified atom stereocenters. The Hall–Kier alpha value is -3.85. The number of carbonyl (C=O) groups is 3. The summed E-state index contributed by atoms with van der Waals surface area (Å²) in [5, 5.41) is 4.17. The molecule has 1 saturated heterocycles. The number of rotatable bonds is 5. The Kier molecular flexibility index (Phi) is 8.46. The van der Waals surface area contributed by atoms with Crippen LogP contribution in [0, 0.1) is 5.92 Å². The second-order valence-corrected chi connectivity index (χ2v) is 10.2. The Morgan fingerprint density at radius 2 is 1.85 bits per heavy atom. The van der Waals surface area contributed by atoms with Crippen molar-refractivity contribution < 1.29 is 23.9 Å². The fourth-order valence-corrected chi connectivity index (χ4v) is 5.57. The summed E-state index contributed by atoms with van der Waals surface area (Å²) in [6.45, 7) is 3.24. The zero-order valence-electron chi connectivity index (χ0n) is 22.4. The predicted octanol–water partition coefficient (Wildman–Crippen LogP) is 2.65. The Labute approximate surface area is 228 Å². The van der Waals surface area contributed by atoms with Crippen molar-refractivity contribution in [3.63, 3.8) is 0 Å². The highest BCUT2D eigenvalue weighted by Gasteiger charge is 2.40. The monoisotopic (exact) mass is 532 g/mol. The fraction of sp³-hybridized carbons (Fsp3) is 0.433. The number of methoxy groups -OCH3 is 1. The number of benzene rings is 2. The van der Waals surface area contributed by atoms with E-state index in [-0.39, 0.29) is 36.1 Å². The van der Waals surface area contributed by atoms with Crippen molar-refractivity contribution in [3.8, 4) is 5.75 Å². The minimum atomic E-state index is -0.352. The maximum absolute atomic E-state index is 13.3. The summed E-state index contributed by atoms with van der Waals surface area (Å²) in [4.78, 5) is 42.9. The molecule has 5 rings (SSSR count). The van der Waals surface area contributed by atoms with Crippen molar-refractivity contribution in [2.75, 3.05) is 53.0 Å². The molecule has 2 aliphatic heterocycles. The minimum absolute atomic E-state index is 0.00732. The van der Waals surface area contributed by atoms with Crippen molar-refractivity contribution in [1.82, 2.24) is 19.7 Å². The topological polar surface area (TPSA) is 93.1 Å². The van der Waals surface area contributed by atoms with Crippen molar-refractivity contribution in [3.05, 3.63) is 66.4 Å². The lowest BCUT2D eigenvalue weighted by molar-refractivity contribution is -0.132. The summed E-state index contributed by atoms with van der Waals surface area (Å²) in [6, 6.07) is 17.8. The van der Waals surface area contributed by atoms with Crippen LogP contribution >= 0.6 is 0 Å². The van der Waals surface area contributed by atoms with Crippen LogP contribution in [-0.2, 0) is 25.7 Å². The van der Waals surface area contributed by atoms with Gasteiger partial charge in [-0.25, -0.2) is 0 Å². The molecule has 1 aromatic heterocycles. The summed E-state index contributed by atoms with van der Waals surface area (Å²) in [5.74, 6) is 0.158. The third-order valence-electron chi connectivity index (χ3n) is 7.69. The molecule has 1 N–H and O–H groups in total. The standard InChI is InChI=1S/C30H36N4O5/c1-38-16-11-28(35)34-19-25-23-7-4-8-24(18-23)39-17-15-32(13-5-12-31-30(37)26(25)20-34)29(36)21-33-14-10-22-6-2-3-9-27(22)33/h2-4,6-10,14,18,25-26H,5,11-13,15-17,19-21H2,1H3,(H,31,37)/t25-,26+/m1/s1. The first-order valence-corrected chi connectivity index (χ1v) is 13.6. The molecule has 3 aromatic rings. The van der Waals surface area contributed by atoms with E-state index in [1.165, 1.54) is 0 Å². The van der Waals surface area contributed by atoms with Crippen molar-refractivity contribution >= 4 is 28.6 Å². The van der Waals surface area contributed by atoms with Crippen LogP contribution in [0.3, 0.4) is 0 Å². The summed E-state index contributed by atoms with van der Waals surface area (Å²) in [7, 11) is 1.57. The number of amides is 3. The highest BCUT2D eigenvalue weighted by atomic mass is 16.5. The van der Waals surface area contributed by atoms with E-state index in [1.807, 2.05) is 70.3 Å². The molecule has 2 bridgehead atoms. The molecule has 39 heavy (non-hydrogen) atoms. The average molecular weight is 533 g/mol. The number of carbonyl (C=O) groups excluding carboxylic acids is 3. The zero-order valence-corrected chi connectivity index (χ0v) is 22.4. The number of nitrogens with one attached hydrogen (secondary N) is 1. The first-order valence-electron chi connectivity index (χ1n) is 13.6. The molecule has 206 valence electrons. The van der Waals surface area contributed by atoms with Crippen LogP contribution in [0.2, 0.25) is 0 Å². The molecule has 0 aliphatic carbocycles. The zero-order chi connectivity index (χ0) is 27.2. The van der Waals surface area contributed by atoms with Crippen LogP contribution < -0.4 is 10.1 Å². The molecule has 3 heterocycles. The van der Waals surface area contributed by atoms with E-state index in [1.54, 1.807) is 12.0 Å². The first-order chi connectivity index (χ1) is 19.0. The highest BCUT2D eigenvalue weighted by molar-refractivity contribution is 5.84. The van der Waals surface area contributed by atoms with Gasteiger partial charge in [-0.3, -0.25) is 14.4 Å². The Morgan fingerprint density at radius 1 is 1.00 bits per heavy atom. The van der Waals surface area contributed by atoms with Crippen molar-refractivity contribution in [2.45, 2.75) is 25.3 Å².